The fraction of sp³-hybridized carbons (Fsp3) is 0.235. The van der Waals surface area contributed by atoms with Gasteiger partial charge in [0.1, 0.15) is 18.1 Å². The highest BCUT2D eigenvalue weighted by atomic mass is 35.5. The number of Topliss-reactive ketones (excluding diaryl/α,β-unsaturated/α-hetero) is 1. The van der Waals surface area contributed by atoms with Gasteiger partial charge in [-0.1, -0.05) is 11.6 Å². The predicted molar refractivity (Wildman–Crippen MR) is 82.5 cm³/mol. The number of hydrogen-bond donors (Lipinski definition) is 0. The van der Waals surface area contributed by atoms with Crippen molar-refractivity contribution in [1.29, 1.82) is 0 Å². The lowest BCUT2D eigenvalue weighted by Crippen LogP contribution is -2.14. The molecule has 0 spiro atoms. The third-order valence-corrected chi connectivity index (χ3v) is 3.63. The van der Waals surface area contributed by atoms with Gasteiger partial charge in [-0.15, -0.1) is 0 Å². The Kier molecular flexibility index (Phi) is 4.32. The van der Waals surface area contributed by atoms with Crippen molar-refractivity contribution in [2.75, 3.05) is 6.79 Å². The van der Waals surface area contributed by atoms with Crippen LogP contribution in [0.4, 0.5) is 0 Å². The summed E-state index contributed by atoms with van der Waals surface area (Å²) in [5.41, 5.74) is 2.46. The first-order valence-electron chi connectivity index (χ1n) is 6.89. The number of ether oxygens (including phenoxy) is 3. The standard InChI is InChI=1S/C17H15ClO4/c1-11(19)12-2-4-16(5-3-12)21-9-14-7-15(18)6-13-8-20-10-22-17(13)14/h2-7H,8-10H2,1H3. The van der Waals surface area contributed by atoms with Crippen molar-refractivity contribution < 1.29 is 19.0 Å². The summed E-state index contributed by atoms with van der Waals surface area (Å²) in [6.45, 7) is 2.58. The van der Waals surface area contributed by atoms with Crippen LogP contribution in [0.3, 0.4) is 0 Å². The lowest BCUT2D eigenvalue weighted by molar-refractivity contribution is -0.0175. The average Bonchev–Trinajstić information content (AvgIpc) is 2.52. The number of halogens is 1. The number of ketones is 1. The minimum atomic E-state index is 0.0314. The SMILES string of the molecule is CC(=O)c1ccc(OCc2cc(Cl)cc3c2OCOC3)cc1. The topological polar surface area (TPSA) is 44.8 Å². The Balaban J connectivity index is 1.76. The van der Waals surface area contributed by atoms with Gasteiger partial charge in [0.2, 0.25) is 0 Å². The summed E-state index contributed by atoms with van der Waals surface area (Å²) < 4.78 is 16.6. The van der Waals surface area contributed by atoms with Crippen molar-refractivity contribution in [3.63, 3.8) is 0 Å². The van der Waals surface area contributed by atoms with E-state index in [4.69, 9.17) is 25.8 Å². The van der Waals surface area contributed by atoms with Crippen molar-refractivity contribution in [1.82, 2.24) is 0 Å². The quantitative estimate of drug-likeness (QED) is 0.800. The molecule has 4 nitrogen and oxygen atoms in total. The Morgan fingerprint density at radius 2 is 2.05 bits per heavy atom. The first-order chi connectivity index (χ1) is 10.6. The minimum Gasteiger partial charge on any atom is -0.489 e. The van der Waals surface area contributed by atoms with Gasteiger partial charge in [0.25, 0.3) is 0 Å². The van der Waals surface area contributed by atoms with Crippen LogP contribution in [0.1, 0.15) is 28.4 Å². The molecule has 0 aliphatic carbocycles. The van der Waals surface area contributed by atoms with Gasteiger partial charge in [-0.25, -0.2) is 0 Å². The summed E-state index contributed by atoms with van der Waals surface area (Å²) in [6.07, 6.45) is 0. The fourth-order valence-electron chi connectivity index (χ4n) is 2.31. The molecule has 0 N–H and O–H groups in total. The second-order valence-corrected chi connectivity index (χ2v) is 5.47. The van der Waals surface area contributed by atoms with Gasteiger partial charge in [0.05, 0.1) is 6.61 Å². The molecule has 0 amide bonds. The largest absolute Gasteiger partial charge is 0.489 e. The number of benzene rings is 2. The average molecular weight is 319 g/mol. The van der Waals surface area contributed by atoms with Gasteiger partial charge in [0, 0.05) is 21.7 Å². The maximum absolute atomic E-state index is 11.3. The van der Waals surface area contributed by atoms with Gasteiger partial charge in [-0.3, -0.25) is 4.79 Å². The van der Waals surface area contributed by atoms with E-state index in [0.29, 0.717) is 29.5 Å². The third-order valence-electron chi connectivity index (χ3n) is 3.41. The molecule has 0 unspecified atom stereocenters. The van der Waals surface area contributed by atoms with Crippen LogP contribution in [0.5, 0.6) is 11.5 Å². The molecule has 1 heterocycles. The Morgan fingerprint density at radius 1 is 1.27 bits per heavy atom. The molecule has 1 aliphatic rings. The number of fused-ring (bicyclic) bond motifs is 1. The van der Waals surface area contributed by atoms with Gasteiger partial charge in [-0.05, 0) is 43.3 Å². The number of hydrogen-bond acceptors (Lipinski definition) is 4. The van der Waals surface area contributed by atoms with E-state index >= 15 is 0 Å². The van der Waals surface area contributed by atoms with Crippen molar-refractivity contribution in [2.45, 2.75) is 20.1 Å². The Morgan fingerprint density at radius 3 is 2.77 bits per heavy atom. The zero-order valence-electron chi connectivity index (χ0n) is 12.1. The lowest BCUT2D eigenvalue weighted by atomic mass is 10.1. The normalized spacial score (nSPS) is 13.2. The van der Waals surface area contributed by atoms with Crippen LogP contribution in [0, 0.1) is 0 Å². The molecule has 0 atom stereocenters. The van der Waals surface area contributed by atoms with Crippen LogP contribution in [0.25, 0.3) is 0 Å². The Bertz CT molecular complexity index is 695. The zero-order chi connectivity index (χ0) is 15.5. The van der Waals surface area contributed by atoms with Crippen LogP contribution in [0.15, 0.2) is 36.4 Å². The van der Waals surface area contributed by atoms with E-state index in [1.54, 1.807) is 24.3 Å². The Labute approximate surface area is 133 Å². The molecule has 0 fully saturated rings. The first-order valence-corrected chi connectivity index (χ1v) is 7.27. The highest BCUT2D eigenvalue weighted by molar-refractivity contribution is 6.30. The zero-order valence-corrected chi connectivity index (χ0v) is 12.9. The minimum absolute atomic E-state index is 0.0314. The van der Waals surface area contributed by atoms with Crippen LogP contribution < -0.4 is 9.47 Å². The van der Waals surface area contributed by atoms with Gasteiger partial charge < -0.3 is 14.2 Å². The molecule has 0 aromatic heterocycles. The lowest BCUT2D eigenvalue weighted by Gasteiger charge is -2.21. The predicted octanol–water partition coefficient (Wildman–Crippen LogP) is 3.99. The summed E-state index contributed by atoms with van der Waals surface area (Å²) >= 11 is 6.12. The van der Waals surface area contributed by atoms with E-state index in [1.165, 1.54) is 6.92 Å². The molecular weight excluding hydrogens is 304 g/mol. The summed E-state index contributed by atoms with van der Waals surface area (Å²) in [6, 6.07) is 10.7. The molecule has 0 bridgehead atoms. The molecule has 2 aromatic carbocycles. The van der Waals surface area contributed by atoms with Crippen LogP contribution in [-0.2, 0) is 18.0 Å². The molecule has 22 heavy (non-hydrogen) atoms. The third kappa shape index (κ3) is 3.24. The molecule has 3 rings (SSSR count). The van der Waals surface area contributed by atoms with Crippen molar-refractivity contribution in [2.24, 2.45) is 0 Å². The van der Waals surface area contributed by atoms with Crippen molar-refractivity contribution in [3.8, 4) is 11.5 Å². The molecule has 114 valence electrons. The highest BCUT2D eigenvalue weighted by Gasteiger charge is 2.16. The molecule has 0 saturated heterocycles. The maximum Gasteiger partial charge on any atom is 0.189 e. The van der Waals surface area contributed by atoms with Crippen LogP contribution in [0.2, 0.25) is 5.02 Å². The van der Waals surface area contributed by atoms with E-state index in [2.05, 4.69) is 0 Å². The number of carbonyl (C=O) groups is 1. The van der Waals surface area contributed by atoms with E-state index in [1.807, 2.05) is 12.1 Å². The second-order valence-electron chi connectivity index (χ2n) is 5.03. The van der Waals surface area contributed by atoms with E-state index in [0.717, 1.165) is 16.9 Å². The van der Waals surface area contributed by atoms with Gasteiger partial charge in [0.15, 0.2) is 12.6 Å². The first kappa shape index (κ1) is 14.9. The van der Waals surface area contributed by atoms with Crippen molar-refractivity contribution >= 4 is 17.4 Å². The van der Waals surface area contributed by atoms with Gasteiger partial charge >= 0.3 is 0 Å². The summed E-state index contributed by atoms with van der Waals surface area (Å²) in [5, 5.41) is 0.623. The molecule has 1 aliphatic heterocycles. The fourth-order valence-corrected chi connectivity index (χ4v) is 2.57. The monoisotopic (exact) mass is 318 g/mol. The van der Waals surface area contributed by atoms with Crippen LogP contribution in [-0.4, -0.2) is 12.6 Å². The van der Waals surface area contributed by atoms with Crippen LogP contribution >= 0.6 is 11.6 Å². The van der Waals surface area contributed by atoms with Crippen molar-refractivity contribution in [3.05, 3.63) is 58.1 Å². The molecular formula is C17H15ClO4. The maximum atomic E-state index is 11.3. The number of rotatable bonds is 4. The number of carbonyl (C=O) groups excluding carboxylic acids is 1. The Hall–Kier alpha value is -2.04. The molecule has 2 aromatic rings. The van der Waals surface area contributed by atoms with E-state index in [-0.39, 0.29) is 12.6 Å². The molecule has 0 saturated carbocycles. The second kappa shape index (κ2) is 6.38. The smallest absolute Gasteiger partial charge is 0.189 e. The van der Waals surface area contributed by atoms with E-state index < -0.39 is 0 Å². The van der Waals surface area contributed by atoms with Gasteiger partial charge in [-0.2, -0.15) is 0 Å². The van der Waals surface area contributed by atoms with E-state index in [9.17, 15) is 4.79 Å². The summed E-state index contributed by atoms with van der Waals surface area (Å²) in [7, 11) is 0. The highest BCUT2D eigenvalue weighted by Crippen LogP contribution is 2.32. The summed E-state index contributed by atoms with van der Waals surface area (Å²) in [5.74, 6) is 1.49. The molecule has 5 heteroatoms. The molecule has 0 radical (unpaired) electrons. The summed E-state index contributed by atoms with van der Waals surface area (Å²) in [4.78, 5) is 11.3.